The number of benzene rings is 1. The molecule has 112 valence electrons. The van der Waals surface area contributed by atoms with Crippen LogP contribution in [0.1, 0.15) is 31.4 Å². The van der Waals surface area contributed by atoms with Gasteiger partial charge in [-0.05, 0) is 55.0 Å². The van der Waals surface area contributed by atoms with Crippen LogP contribution in [0.15, 0.2) is 23.1 Å². The fraction of sp³-hybridized carbons (Fsp3) is 0.600. The summed E-state index contributed by atoms with van der Waals surface area (Å²) in [7, 11) is -1.55. The highest BCUT2D eigenvalue weighted by atomic mass is 32.2. The van der Waals surface area contributed by atoms with Crippen LogP contribution < -0.4 is 10.0 Å². The maximum absolute atomic E-state index is 12.3. The van der Waals surface area contributed by atoms with Gasteiger partial charge in [-0.25, -0.2) is 13.1 Å². The molecule has 0 amide bonds. The second kappa shape index (κ2) is 5.47. The van der Waals surface area contributed by atoms with Gasteiger partial charge in [0.25, 0.3) is 0 Å². The fourth-order valence-corrected chi connectivity index (χ4v) is 3.55. The minimum Gasteiger partial charge on any atom is -0.316 e. The second-order valence-electron chi connectivity index (χ2n) is 6.36. The lowest BCUT2D eigenvalue weighted by Crippen LogP contribution is -2.27. The number of rotatable bonds is 6. The summed E-state index contributed by atoms with van der Waals surface area (Å²) in [5.41, 5.74) is 2.40. The smallest absolute Gasteiger partial charge is 0.240 e. The summed E-state index contributed by atoms with van der Waals surface area (Å²) in [5, 5.41) is 3.06. The summed E-state index contributed by atoms with van der Waals surface area (Å²) >= 11 is 0. The monoisotopic (exact) mass is 296 g/mol. The van der Waals surface area contributed by atoms with Gasteiger partial charge in [-0.3, -0.25) is 0 Å². The van der Waals surface area contributed by atoms with Crippen molar-refractivity contribution < 1.29 is 8.42 Å². The first kappa shape index (κ1) is 15.5. The third-order valence-corrected chi connectivity index (χ3v) is 5.66. The Balaban J connectivity index is 2.11. The summed E-state index contributed by atoms with van der Waals surface area (Å²) < 4.78 is 27.4. The first-order valence-corrected chi connectivity index (χ1v) is 8.48. The largest absolute Gasteiger partial charge is 0.316 e. The van der Waals surface area contributed by atoms with E-state index in [4.69, 9.17) is 0 Å². The van der Waals surface area contributed by atoms with Gasteiger partial charge in [0.1, 0.15) is 0 Å². The quantitative estimate of drug-likeness (QED) is 0.844. The average Bonchev–Trinajstić information content (AvgIpc) is 2.98. The predicted octanol–water partition coefficient (Wildman–Crippen LogP) is 2.04. The third kappa shape index (κ3) is 3.40. The maximum Gasteiger partial charge on any atom is 0.240 e. The lowest BCUT2D eigenvalue weighted by molar-refractivity contribution is 0.537. The van der Waals surface area contributed by atoms with Crippen molar-refractivity contribution in [1.29, 1.82) is 0 Å². The lowest BCUT2D eigenvalue weighted by Gasteiger charge is -2.11. The van der Waals surface area contributed by atoms with Crippen LogP contribution in [0.25, 0.3) is 0 Å². The van der Waals surface area contributed by atoms with Gasteiger partial charge in [0.15, 0.2) is 0 Å². The van der Waals surface area contributed by atoms with E-state index in [2.05, 4.69) is 23.9 Å². The van der Waals surface area contributed by atoms with E-state index in [1.54, 1.807) is 12.1 Å². The predicted molar refractivity (Wildman–Crippen MR) is 81.0 cm³/mol. The molecule has 0 spiro atoms. The molecule has 4 nitrogen and oxygen atoms in total. The van der Waals surface area contributed by atoms with Gasteiger partial charge in [-0.2, -0.15) is 0 Å². The lowest BCUT2D eigenvalue weighted by atomic mass is 10.1. The number of nitrogens with one attached hydrogen (secondary N) is 2. The topological polar surface area (TPSA) is 58.2 Å². The number of sulfonamides is 1. The molecule has 1 saturated carbocycles. The third-order valence-electron chi connectivity index (χ3n) is 4.24. The van der Waals surface area contributed by atoms with Crippen molar-refractivity contribution in [2.24, 2.45) is 11.3 Å². The van der Waals surface area contributed by atoms with E-state index in [9.17, 15) is 8.42 Å². The van der Waals surface area contributed by atoms with Crippen molar-refractivity contribution in [2.75, 3.05) is 13.6 Å². The Hall–Kier alpha value is -0.910. The molecule has 1 unspecified atom stereocenters. The Bertz CT molecular complexity index is 594. The molecule has 1 atom stereocenters. The van der Waals surface area contributed by atoms with Gasteiger partial charge in [0.2, 0.25) is 10.0 Å². The Morgan fingerprint density at radius 3 is 2.55 bits per heavy atom. The number of aryl methyl sites for hydroxylation is 1. The van der Waals surface area contributed by atoms with Crippen LogP contribution in [0.4, 0.5) is 0 Å². The molecule has 2 N–H and O–H groups in total. The number of hydrogen-bond acceptors (Lipinski definition) is 3. The van der Waals surface area contributed by atoms with Crippen molar-refractivity contribution in [3.05, 3.63) is 29.3 Å². The molecule has 0 aliphatic heterocycles. The molecule has 0 heterocycles. The molecule has 20 heavy (non-hydrogen) atoms. The molecule has 0 saturated heterocycles. The molecule has 1 aromatic carbocycles. The zero-order valence-corrected chi connectivity index (χ0v) is 13.5. The van der Waals surface area contributed by atoms with Crippen LogP contribution in [-0.4, -0.2) is 22.0 Å². The second-order valence-corrected chi connectivity index (χ2v) is 8.13. The standard InChI is InChI=1S/C15H24N2O2S/c1-11-5-6-14(7-12(11)9-16-4)20(18,19)17-10-13-8-15(13,2)3/h5-7,13,16-17H,8-10H2,1-4H3. The molecule has 1 fully saturated rings. The molecule has 0 radical (unpaired) electrons. The van der Waals surface area contributed by atoms with Gasteiger partial charge < -0.3 is 5.32 Å². The molecule has 2 rings (SSSR count). The molecule has 1 aliphatic carbocycles. The van der Waals surface area contributed by atoms with Crippen LogP contribution in [0.3, 0.4) is 0 Å². The van der Waals surface area contributed by atoms with Crippen LogP contribution >= 0.6 is 0 Å². The van der Waals surface area contributed by atoms with E-state index < -0.39 is 10.0 Å². The van der Waals surface area contributed by atoms with E-state index >= 15 is 0 Å². The highest BCUT2D eigenvalue weighted by Gasteiger charge is 2.45. The SMILES string of the molecule is CNCc1cc(S(=O)(=O)NCC2CC2(C)C)ccc1C. The Labute approximate surface area is 122 Å². The molecule has 0 aromatic heterocycles. The molecule has 5 heteroatoms. The van der Waals surface area contributed by atoms with E-state index in [1.807, 2.05) is 20.0 Å². The van der Waals surface area contributed by atoms with E-state index in [1.165, 1.54) is 0 Å². The fourth-order valence-electron chi connectivity index (χ4n) is 2.41. The average molecular weight is 296 g/mol. The Morgan fingerprint density at radius 2 is 2.00 bits per heavy atom. The maximum atomic E-state index is 12.3. The summed E-state index contributed by atoms with van der Waals surface area (Å²) in [6.45, 7) is 7.53. The summed E-state index contributed by atoms with van der Waals surface area (Å²) in [6.07, 6.45) is 1.09. The summed E-state index contributed by atoms with van der Waals surface area (Å²) in [4.78, 5) is 0.354. The van der Waals surface area contributed by atoms with E-state index in [0.717, 1.165) is 17.5 Å². The van der Waals surface area contributed by atoms with E-state index in [-0.39, 0.29) is 5.41 Å². The van der Waals surface area contributed by atoms with Crippen molar-refractivity contribution >= 4 is 10.0 Å². The normalized spacial score (nSPS) is 20.9. The van der Waals surface area contributed by atoms with Crippen LogP contribution in [0.5, 0.6) is 0 Å². The number of hydrogen-bond donors (Lipinski definition) is 2. The minimum absolute atomic E-state index is 0.285. The van der Waals surface area contributed by atoms with Gasteiger partial charge >= 0.3 is 0 Å². The zero-order valence-electron chi connectivity index (χ0n) is 12.7. The van der Waals surface area contributed by atoms with Crippen molar-refractivity contribution in [3.63, 3.8) is 0 Å². The molecule has 1 aromatic rings. The van der Waals surface area contributed by atoms with Gasteiger partial charge in [0.05, 0.1) is 4.90 Å². The van der Waals surface area contributed by atoms with Crippen molar-refractivity contribution in [3.8, 4) is 0 Å². The molecule has 0 bridgehead atoms. The van der Waals surface area contributed by atoms with Crippen LogP contribution in [0.2, 0.25) is 0 Å². The molecular formula is C15H24N2O2S. The first-order valence-electron chi connectivity index (χ1n) is 7.00. The van der Waals surface area contributed by atoms with Crippen molar-refractivity contribution in [2.45, 2.75) is 38.6 Å². The van der Waals surface area contributed by atoms with Gasteiger partial charge in [-0.1, -0.05) is 19.9 Å². The van der Waals surface area contributed by atoms with Gasteiger partial charge in [0, 0.05) is 13.1 Å². The summed E-state index contributed by atoms with van der Waals surface area (Å²) in [5.74, 6) is 0.458. The Kier molecular flexibility index (Phi) is 4.23. The Morgan fingerprint density at radius 1 is 1.35 bits per heavy atom. The molecule has 1 aliphatic rings. The molecular weight excluding hydrogens is 272 g/mol. The van der Waals surface area contributed by atoms with Crippen molar-refractivity contribution in [1.82, 2.24) is 10.0 Å². The highest BCUT2D eigenvalue weighted by molar-refractivity contribution is 7.89. The zero-order chi connectivity index (χ0) is 15.0. The van der Waals surface area contributed by atoms with Gasteiger partial charge in [-0.15, -0.1) is 0 Å². The first-order chi connectivity index (χ1) is 9.26. The van der Waals surface area contributed by atoms with Crippen LogP contribution in [-0.2, 0) is 16.6 Å². The summed E-state index contributed by atoms with van der Waals surface area (Å²) in [6, 6.07) is 5.30. The van der Waals surface area contributed by atoms with Crippen LogP contribution in [0, 0.1) is 18.3 Å². The minimum atomic E-state index is -3.40. The highest BCUT2D eigenvalue weighted by Crippen LogP contribution is 2.51. The van der Waals surface area contributed by atoms with E-state index in [0.29, 0.717) is 23.9 Å².